The molecule has 1 saturated heterocycles. The number of rotatable bonds is 2. The van der Waals surface area contributed by atoms with Crippen molar-refractivity contribution in [3.8, 4) is 0 Å². The number of ether oxygens (including phenoxy) is 1. The Labute approximate surface area is 103 Å². The minimum atomic E-state index is -0.837. The molecule has 0 radical (unpaired) electrons. The van der Waals surface area contributed by atoms with Crippen molar-refractivity contribution in [2.24, 2.45) is 5.73 Å². The average Bonchev–Trinajstić information content (AvgIpc) is 2.67. The smallest absolute Gasteiger partial charge is 0.419 e. The molecule has 2 rings (SSSR count). The van der Waals surface area contributed by atoms with Gasteiger partial charge in [0, 0.05) is 0 Å². The highest BCUT2D eigenvalue weighted by atomic mass is 19.1. The Morgan fingerprint density at radius 3 is 2.56 bits per heavy atom. The quantitative estimate of drug-likeness (QED) is 0.876. The number of carbonyl (C=O) groups is 2. The summed E-state index contributed by atoms with van der Waals surface area (Å²) in [5.74, 6) is -0.372. The number of nitrogens with two attached hydrogens (primary N) is 1. The highest BCUT2D eigenvalue weighted by Crippen LogP contribution is 2.34. The van der Waals surface area contributed by atoms with E-state index in [-0.39, 0.29) is 5.82 Å². The lowest BCUT2D eigenvalue weighted by Crippen LogP contribution is -2.42. The molecule has 0 aliphatic carbocycles. The molecule has 1 aliphatic heterocycles. The van der Waals surface area contributed by atoms with E-state index in [9.17, 15) is 14.0 Å². The second kappa shape index (κ2) is 4.64. The number of primary amides is 1. The van der Waals surface area contributed by atoms with Crippen LogP contribution in [-0.2, 0) is 4.74 Å². The van der Waals surface area contributed by atoms with Crippen molar-refractivity contribution in [2.75, 3.05) is 0 Å². The zero-order valence-corrected chi connectivity index (χ0v) is 9.80. The molecule has 18 heavy (non-hydrogen) atoms. The predicted octanol–water partition coefficient (Wildman–Crippen LogP) is 2.18. The van der Waals surface area contributed by atoms with E-state index in [2.05, 4.69) is 0 Å². The van der Waals surface area contributed by atoms with Crippen LogP contribution in [0, 0.1) is 5.82 Å². The van der Waals surface area contributed by atoms with Gasteiger partial charge in [-0.15, -0.1) is 0 Å². The number of nitrogens with zero attached hydrogens (tertiary/aromatic N) is 1. The van der Waals surface area contributed by atoms with Gasteiger partial charge in [-0.2, -0.15) is 0 Å². The number of hydrogen-bond acceptors (Lipinski definition) is 3. The number of carbonyl (C=O) groups excluding carboxylic acids is 2. The summed E-state index contributed by atoms with van der Waals surface area (Å²) in [4.78, 5) is 23.7. The van der Waals surface area contributed by atoms with E-state index in [0.29, 0.717) is 12.0 Å². The van der Waals surface area contributed by atoms with Gasteiger partial charge in [-0.1, -0.05) is 19.1 Å². The summed E-state index contributed by atoms with van der Waals surface area (Å²) in [6.45, 7) is 1.82. The van der Waals surface area contributed by atoms with Crippen LogP contribution in [0.4, 0.5) is 14.0 Å². The molecule has 96 valence electrons. The molecule has 0 aromatic heterocycles. The first-order valence-corrected chi connectivity index (χ1v) is 5.59. The molecular formula is C12H13FN2O3. The van der Waals surface area contributed by atoms with Crippen LogP contribution >= 0.6 is 0 Å². The van der Waals surface area contributed by atoms with Crippen LogP contribution < -0.4 is 5.73 Å². The first-order valence-electron chi connectivity index (χ1n) is 5.59. The number of hydrogen-bond donors (Lipinski definition) is 1. The van der Waals surface area contributed by atoms with Crippen molar-refractivity contribution in [3.05, 3.63) is 35.6 Å². The van der Waals surface area contributed by atoms with Gasteiger partial charge in [-0.25, -0.2) is 18.9 Å². The lowest BCUT2D eigenvalue weighted by molar-refractivity contribution is 0.130. The topological polar surface area (TPSA) is 72.6 Å². The number of urea groups is 1. The fraction of sp³-hybridized carbons (Fsp3) is 0.333. The van der Waals surface area contributed by atoms with E-state index in [0.717, 1.165) is 4.90 Å². The maximum Gasteiger partial charge on any atom is 0.419 e. The molecule has 0 spiro atoms. The van der Waals surface area contributed by atoms with Gasteiger partial charge < -0.3 is 10.5 Å². The summed E-state index contributed by atoms with van der Waals surface area (Å²) < 4.78 is 18.0. The van der Waals surface area contributed by atoms with Gasteiger partial charge in [0.1, 0.15) is 11.9 Å². The van der Waals surface area contributed by atoms with Gasteiger partial charge in [-0.05, 0) is 24.1 Å². The highest BCUT2D eigenvalue weighted by molar-refractivity contribution is 5.92. The van der Waals surface area contributed by atoms with E-state index < -0.39 is 24.3 Å². The summed E-state index contributed by atoms with van der Waals surface area (Å²) >= 11 is 0. The van der Waals surface area contributed by atoms with Crippen LogP contribution in [0.15, 0.2) is 24.3 Å². The van der Waals surface area contributed by atoms with Crippen LogP contribution in [0.25, 0.3) is 0 Å². The third-order valence-electron chi connectivity index (χ3n) is 2.96. The fourth-order valence-electron chi connectivity index (χ4n) is 2.11. The van der Waals surface area contributed by atoms with E-state index in [1.54, 1.807) is 0 Å². The summed E-state index contributed by atoms with van der Waals surface area (Å²) in [5, 5.41) is 0. The molecule has 2 atom stereocenters. The Hall–Kier alpha value is -2.11. The summed E-state index contributed by atoms with van der Waals surface area (Å²) in [6.07, 6.45) is -0.851. The molecular weight excluding hydrogens is 239 g/mol. The van der Waals surface area contributed by atoms with Crippen molar-refractivity contribution in [3.63, 3.8) is 0 Å². The van der Waals surface area contributed by atoms with Gasteiger partial charge in [0.25, 0.3) is 0 Å². The number of cyclic esters (lactones) is 1. The van der Waals surface area contributed by atoms with Crippen molar-refractivity contribution in [1.29, 1.82) is 0 Å². The largest absolute Gasteiger partial charge is 0.439 e. The van der Waals surface area contributed by atoms with Crippen molar-refractivity contribution >= 4 is 12.1 Å². The standard InChI is InChI=1S/C12H13FN2O3/c1-2-9-10(7-3-5-8(13)6-4-7)18-12(17)15(9)11(14)16/h3-6,9-10H,2H2,1H3,(H2,14,16). The average molecular weight is 252 g/mol. The van der Waals surface area contributed by atoms with Crippen LogP contribution in [0.3, 0.4) is 0 Å². The monoisotopic (exact) mass is 252 g/mol. The number of imide groups is 1. The van der Waals surface area contributed by atoms with Crippen LogP contribution in [0.5, 0.6) is 0 Å². The summed E-state index contributed by atoms with van der Waals surface area (Å²) in [7, 11) is 0. The Bertz CT molecular complexity index is 475. The van der Waals surface area contributed by atoms with Crippen LogP contribution in [-0.4, -0.2) is 23.1 Å². The summed E-state index contributed by atoms with van der Waals surface area (Å²) in [5.41, 5.74) is 5.78. The minimum Gasteiger partial charge on any atom is -0.439 e. The molecule has 1 aromatic rings. The van der Waals surface area contributed by atoms with E-state index in [1.807, 2.05) is 6.92 Å². The Kier molecular flexibility index (Phi) is 3.18. The van der Waals surface area contributed by atoms with Crippen molar-refractivity contribution < 1.29 is 18.7 Å². The first-order chi connectivity index (χ1) is 8.54. The van der Waals surface area contributed by atoms with Crippen molar-refractivity contribution in [1.82, 2.24) is 4.90 Å². The Morgan fingerprint density at radius 2 is 2.06 bits per heavy atom. The van der Waals surface area contributed by atoms with Crippen LogP contribution in [0.1, 0.15) is 25.0 Å². The second-order valence-corrected chi connectivity index (χ2v) is 4.04. The van der Waals surface area contributed by atoms with E-state index in [1.165, 1.54) is 24.3 Å². The molecule has 5 nitrogen and oxygen atoms in total. The zero-order chi connectivity index (χ0) is 13.3. The van der Waals surface area contributed by atoms with Gasteiger partial charge in [0.05, 0.1) is 6.04 Å². The van der Waals surface area contributed by atoms with Crippen LogP contribution in [0.2, 0.25) is 0 Å². The molecule has 6 heteroatoms. The maximum absolute atomic E-state index is 12.8. The normalized spacial score (nSPS) is 23.0. The van der Waals surface area contributed by atoms with Crippen molar-refractivity contribution in [2.45, 2.75) is 25.5 Å². The molecule has 1 fully saturated rings. The fourth-order valence-corrected chi connectivity index (χ4v) is 2.11. The number of amides is 3. The SMILES string of the molecule is CCC1C(c2ccc(F)cc2)OC(=O)N1C(N)=O. The molecule has 3 amide bonds. The minimum absolute atomic E-state index is 0.372. The molecule has 2 N–H and O–H groups in total. The van der Waals surface area contributed by atoms with Gasteiger partial charge >= 0.3 is 12.1 Å². The van der Waals surface area contributed by atoms with E-state index >= 15 is 0 Å². The third kappa shape index (κ3) is 2.01. The maximum atomic E-state index is 12.8. The lowest BCUT2D eigenvalue weighted by Gasteiger charge is -2.20. The lowest BCUT2D eigenvalue weighted by atomic mass is 10.0. The van der Waals surface area contributed by atoms with Gasteiger partial charge in [0.2, 0.25) is 0 Å². The Morgan fingerprint density at radius 1 is 1.44 bits per heavy atom. The molecule has 1 heterocycles. The molecule has 1 aliphatic rings. The molecule has 2 unspecified atom stereocenters. The number of halogens is 1. The summed E-state index contributed by atoms with van der Waals surface area (Å²) in [6, 6.07) is 4.32. The second-order valence-electron chi connectivity index (χ2n) is 4.04. The number of benzene rings is 1. The molecule has 0 bridgehead atoms. The first kappa shape index (κ1) is 12.3. The zero-order valence-electron chi connectivity index (χ0n) is 9.80. The van der Waals surface area contributed by atoms with E-state index in [4.69, 9.17) is 10.5 Å². The van der Waals surface area contributed by atoms with Gasteiger partial charge in [0.15, 0.2) is 0 Å². The molecule has 0 saturated carbocycles. The predicted molar refractivity (Wildman–Crippen MR) is 61.1 cm³/mol. The molecule has 1 aromatic carbocycles. The third-order valence-corrected chi connectivity index (χ3v) is 2.96. The Balaban J connectivity index is 2.31. The van der Waals surface area contributed by atoms with Gasteiger partial charge in [-0.3, -0.25) is 0 Å². The highest BCUT2D eigenvalue weighted by Gasteiger charge is 2.44.